The van der Waals surface area contributed by atoms with Crippen LogP contribution in [0.2, 0.25) is 0 Å². The first-order valence-electron chi connectivity index (χ1n) is 9.64. The van der Waals surface area contributed by atoms with Crippen LogP contribution in [0.1, 0.15) is 15.9 Å². The molecule has 152 valence electrons. The Morgan fingerprint density at radius 3 is 2.63 bits per heavy atom. The van der Waals surface area contributed by atoms with Crippen molar-refractivity contribution in [2.75, 3.05) is 30.4 Å². The molecule has 7 heteroatoms. The molecule has 3 aromatic rings. The molecule has 0 atom stereocenters. The minimum absolute atomic E-state index is 0.210. The number of urea groups is 1. The first kappa shape index (κ1) is 19.4. The predicted molar refractivity (Wildman–Crippen MR) is 116 cm³/mol. The molecule has 30 heavy (non-hydrogen) atoms. The van der Waals surface area contributed by atoms with Gasteiger partial charge in [0, 0.05) is 24.2 Å². The largest absolute Gasteiger partial charge is 0.495 e. The Bertz CT molecular complexity index is 1100. The lowest BCUT2D eigenvalue weighted by Crippen LogP contribution is -2.28. The number of hydrogen-bond donors (Lipinski definition) is 2. The van der Waals surface area contributed by atoms with Gasteiger partial charge in [0.2, 0.25) is 0 Å². The van der Waals surface area contributed by atoms with Gasteiger partial charge >= 0.3 is 6.03 Å². The molecule has 1 saturated heterocycles. The van der Waals surface area contributed by atoms with Crippen molar-refractivity contribution in [3.05, 3.63) is 71.8 Å². The molecule has 1 fully saturated rings. The van der Waals surface area contributed by atoms with E-state index >= 15 is 0 Å². The maximum Gasteiger partial charge on any atom is 0.322 e. The summed E-state index contributed by atoms with van der Waals surface area (Å²) in [7, 11) is 1.53. The number of anilines is 2. The Morgan fingerprint density at radius 1 is 1.13 bits per heavy atom. The van der Waals surface area contributed by atoms with E-state index in [0.717, 1.165) is 11.3 Å². The van der Waals surface area contributed by atoms with Crippen LogP contribution in [0.25, 0.3) is 11.3 Å². The molecule has 2 aromatic carbocycles. The monoisotopic (exact) mass is 402 g/mol. The molecular formula is C23H22N4O3. The number of nitrogens with zero attached hydrogens (tertiary/aromatic N) is 2. The van der Waals surface area contributed by atoms with Gasteiger partial charge in [-0.3, -0.25) is 9.69 Å². The van der Waals surface area contributed by atoms with Crippen LogP contribution in [0, 0.1) is 6.92 Å². The molecule has 7 nitrogen and oxygen atoms in total. The molecule has 0 bridgehead atoms. The molecule has 0 aliphatic carbocycles. The number of carbonyl (C=O) groups is 2. The number of pyridine rings is 1. The number of benzene rings is 2. The topological polar surface area (TPSA) is 83.6 Å². The molecule has 4 rings (SSSR count). The SMILES string of the molecule is COc1ccc(C(=O)Nc2cccc(-c3ccc(C)cc3)n2)cc1N1CCNC1=O. The predicted octanol–water partition coefficient (Wildman–Crippen LogP) is 3.85. The number of rotatable bonds is 5. The van der Waals surface area contributed by atoms with Crippen LogP contribution in [-0.2, 0) is 0 Å². The number of hydrogen-bond acceptors (Lipinski definition) is 4. The summed E-state index contributed by atoms with van der Waals surface area (Å²) in [6.45, 7) is 3.09. The van der Waals surface area contributed by atoms with Crippen LogP contribution in [-0.4, -0.2) is 37.1 Å². The van der Waals surface area contributed by atoms with Crippen molar-refractivity contribution in [3.63, 3.8) is 0 Å². The van der Waals surface area contributed by atoms with E-state index in [-0.39, 0.29) is 11.9 Å². The zero-order chi connectivity index (χ0) is 21.1. The number of aromatic nitrogens is 1. The van der Waals surface area contributed by atoms with Gasteiger partial charge in [-0.05, 0) is 37.3 Å². The van der Waals surface area contributed by atoms with Crippen molar-refractivity contribution < 1.29 is 14.3 Å². The molecule has 0 radical (unpaired) electrons. The number of carbonyl (C=O) groups excluding carboxylic acids is 2. The number of aryl methyl sites for hydroxylation is 1. The summed E-state index contributed by atoms with van der Waals surface area (Å²) in [4.78, 5) is 31.0. The highest BCUT2D eigenvalue weighted by atomic mass is 16.5. The summed E-state index contributed by atoms with van der Waals surface area (Å²) < 4.78 is 5.37. The van der Waals surface area contributed by atoms with E-state index < -0.39 is 0 Å². The molecule has 1 aliphatic rings. The number of amides is 3. The molecule has 0 spiro atoms. The molecule has 3 amide bonds. The van der Waals surface area contributed by atoms with Crippen LogP contribution in [0.4, 0.5) is 16.3 Å². The number of methoxy groups -OCH3 is 1. The smallest absolute Gasteiger partial charge is 0.322 e. The Balaban J connectivity index is 1.58. The first-order chi connectivity index (χ1) is 14.5. The van der Waals surface area contributed by atoms with E-state index in [1.807, 2.05) is 43.3 Å². The Kier molecular flexibility index (Phi) is 5.34. The maximum atomic E-state index is 12.8. The van der Waals surface area contributed by atoms with Crippen molar-refractivity contribution in [2.45, 2.75) is 6.92 Å². The molecule has 0 saturated carbocycles. The fourth-order valence-electron chi connectivity index (χ4n) is 3.32. The summed E-state index contributed by atoms with van der Waals surface area (Å²) >= 11 is 0. The van der Waals surface area contributed by atoms with Gasteiger partial charge in [-0.25, -0.2) is 9.78 Å². The van der Waals surface area contributed by atoms with Gasteiger partial charge in [-0.1, -0.05) is 35.9 Å². The van der Waals surface area contributed by atoms with Crippen LogP contribution in [0.15, 0.2) is 60.7 Å². The van der Waals surface area contributed by atoms with Gasteiger partial charge in [0.1, 0.15) is 11.6 Å². The zero-order valence-electron chi connectivity index (χ0n) is 16.8. The molecule has 2 heterocycles. The van der Waals surface area contributed by atoms with Crippen LogP contribution in [0.5, 0.6) is 5.75 Å². The van der Waals surface area contributed by atoms with Crippen LogP contribution in [0.3, 0.4) is 0 Å². The van der Waals surface area contributed by atoms with Gasteiger partial charge < -0.3 is 15.4 Å². The zero-order valence-corrected chi connectivity index (χ0v) is 16.8. The number of nitrogens with one attached hydrogen (secondary N) is 2. The normalized spacial score (nSPS) is 13.1. The minimum atomic E-state index is -0.313. The summed E-state index contributed by atoms with van der Waals surface area (Å²) in [6.07, 6.45) is 0. The van der Waals surface area contributed by atoms with Crippen molar-refractivity contribution in [3.8, 4) is 17.0 Å². The molecular weight excluding hydrogens is 380 g/mol. The van der Waals surface area contributed by atoms with Gasteiger partial charge in [-0.2, -0.15) is 0 Å². The highest BCUT2D eigenvalue weighted by Crippen LogP contribution is 2.31. The summed E-state index contributed by atoms with van der Waals surface area (Å²) in [5, 5.41) is 5.59. The minimum Gasteiger partial charge on any atom is -0.495 e. The van der Waals surface area contributed by atoms with Gasteiger partial charge in [0.05, 0.1) is 18.5 Å². The number of ether oxygens (including phenoxy) is 1. The van der Waals surface area contributed by atoms with Crippen LogP contribution >= 0.6 is 0 Å². The van der Waals surface area contributed by atoms with Gasteiger partial charge in [0.15, 0.2) is 0 Å². The Morgan fingerprint density at radius 2 is 1.93 bits per heavy atom. The van der Waals surface area contributed by atoms with Crippen molar-refractivity contribution in [2.24, 2.45) is 0 Å². The van der Waals surface area contributed by atoms with Crippen molar-refractivity contribution in [1.29, 1.82) is 0 Å². The van der Waals surface area contributed by atoms with E-state index in [1.54, 1.807) is 29.2 Å². The van der Waals surface area contributed by atoms with E-state index in [1.165, 1.54) is 12.7 Å². The second-order valence-electron chi connectivity index (χ2n) is 7.00. The van der Waals surface area contributed by atoms with Gasteiger partial charge in [0.25, 0.3) is 5.91 Å². The average molecular weight is 402 g/mol. The highest BCUT2D eigenvalue weighted by molar-refractivity contribution is 6.06. The summed E-state index contributed by atoms with van der Waals surface area (Å²) in [5.74, 6) is 0.671. The lowest BCUT2D eigenvalue weighted by Gasteiger charge is -2.18. The van der Waals surface area contributed by atoms with Crippen LogP contribution < -0.4 is 20.3 Å². The van der Waals surface area contributed by atoms with Gasteiger partial charge in [-0.15, -0.1) is 0 Å². The quantitative estimate of drug-likeness (QED) is 0.679. The fourth-order valence-corrected chi connectivity index (χ4v) is 3.32. The summed E-state index contributed by atoms with van der Waals surface area (Å²) in [5.41, 5.74) is 3.89. The second-order valence-corrected chi connectivity index (χ2v) is 7.00. The Labute approximate surface area is 174 Å². The van der Waals surface area contributed by atoms with E-state index in [4.69, 9.17) is 4.74 Å². The standard InChI is InChI=1S/C23H22N4O3/c1-15-6-8-16(9-7-15)18-4-3-5-21(25-18)26-22(28)17-10-11-20(30-2)19(14-17)27-13-12-24-23(27)29/h3-11,14H,12-13H2,1-2H3,(H,24,29)(H,25,26,28). The molecule has 2 N–H and O–H groups in total. The third kappa shape index (κ3) is 3.96. The highest BCUT2D eigenvalue weighted by Gasteiger charge is 2.25. The fraction of sp³-hybridized carbons (Fsp3) is 0.174. The van der Waals surface area contributed by atoms with Crippen molar-refractivity contribution >= 4 is 23.4 Å². The third-order valence-corrected chi connectivity index (χ3v) is 4.93. The maximum absolute atomic E-state index is 12.8. The average Bonchev–Trinajstić information content (AvgIpc) is 3.19. The molecule has 0 unspecified atom stereocenters. The van der Waals surface area contributed by atoms with E-state index in [2.05, 4.69) is 15.6 Å². The second kappa shape index (κ2) is 8.24. The Hall–Kier alpha value is -3.87. The third-order valence-electron chi connectivity index (χ3n) is 4.93. The summed E-state index contributed by atoms with van der Waals surface area (Å²) in [6, 6.07) is 18.3. The van der Waals surface area contributed by atoms with E-state index in [9.17, 15) is 9.59 Å². The first-order valence-corrected chi connectivity index (χ1v) is 9.64. The molecule has 1 aromatic heterocycles. The lowest BCUT2D eigenvalue weighted by molar-refractivity contribution is 0.102. The van der Waals surface area contributed by atoms with Crippen molar-refractivity contribution in [1.82, 2.24) is 10.3 Å². The van der Waals surface area contributed by atoms with E-state index in [0.29, 0.717) is 35.9 Å². The molecule has 1 aliphatic heterocycles. The lowest BCUT2D eigenvalue weighted by atomic mass is 10.1.